The van der Waals surface area contributed by atoms with Gasteiger partial charge in [0, 0.05) is 16.8 Å². The Morgan fingerprint density at radius 3 is 2.90 bits per heavy atom. The number of benzene rings is 1. The van der Waals surface area contributed by atoms with Crippen molar-refractivity contribution in [3.63, 3.8) is 0 Å². The highest BCUT2D eigenvalue weighted by atomic mass is 32.1. The first-order valence-electron chi connectivity index (χ1n) is 7.36. The number of rotatable bonds is 4. The van der Waals surface area contributed by atoms with Gasteiger partial charge in [0.2, 0.25) is 0 Å². The standard InChI is InChI=1S/C17H18FNOS/c18-15-7-3-1-5-12(15)9-10-19-17(20)14-11-21-16-8-4-2-6-13(14)16/h1,3,5,7,11H,2,4,6,8-10H2,(H,19,20). The maximum Gasteiger partial charge on any atom is 0.252 e. The summed E-state index contributed by atoms with van der Waals surface area (Å²) < 4.78 is 13.5. The molecule has 4 heteroatoms. The summed E-state index contributed by atoms with van der Waals surface area (Å²) in [6.07, 6.45) is 5.02. The van der Waals surface area contributed by atoms with E-state index in [0.717, 1.165) is 18.4 Å². The fourth-order valence-corrected chi connectivity index (χ4v) is 3.92. The summed E-state index contributed by atoms with van der Waals surface area (Å²) in [5.74, 6) is -0.231. The molecule has 3 rings (SSSR count). The lowest BCUT2D eigenvalue weighted by Gasteiger charge is -2.12. The first-order chi connectivity index (χ1) is 10.3. The molecular formula is C17H18FNOS. The zero-order valence-electron chi connectivity index (χ0n) is 11.8. The van der Waals surface area contributed by atoms with Gasteiger partial charge in [0.05, 0.1) is 5.56 Å². The summed E-state index contributed by atoms with van der Waals surface area (Å²) >= 11 is 1.69. The number of nitrogens with one attached hydrogen (secondary N) is 1. The third-order valence-electron chi connectivity index (χ3n) is 3.94. The van der Waals surface area contributed by atoms with E-state index in [1.807, 2.05) is 11.4 Å². The fraction of sp³-hybridized carbons (Fsp3) is 0.353. The number of hydrogen-bond acceptors (Lipinski definition) is 2. The van der Waals surface area contributed by atoms with E-state index in [1.165, 1.54) is 29.3 Å². The highest BCUT2D eigenvalue weighted by molar-refractivity contribution is 7.10. The molecule has 1 heterocycles. The topological polar surface area (TPSA) is 29.1 Å². The number of carbonyl (C=O) groups is 1. The van der Waals surface area contributed by atoms with Crippen molar-refractivity contribution in [3.05, 3.63) is 57.0 Å². The molecule has 110 valence electrons. The van der Waals surface area contributed by atoms with E-state index < -0.39 is 0 Å². The Balaban J connectivity index is 1.60. The Hall–Kier alpha value is -1.68. The smallest absolute Gasteiger partial charge is 0.252 e. The molecule has 1 aliphatic rings. The van der Waals surface area contributed by atoms with E-state index in [-0.39, 0.29) is 11.7 Å². The van der Waals surface area contributed by atoms with Crippen molar-refractivity contribution < 1.29 is 9.18 Å². The Morgan fingerprint density at radius 2 is 2.05 bits per heavy atom. The van der Waals surface area contributed by atoms with Gasteiger partial charge in [0.15, 0.2) is 0 Å². The lowest BCUT2D eigenvalue weighted by Crippen LogP contribution is -2.26. The molecule has 0 unspecified atom stereocenters. The van der Waals surface area contributed by atoms with E-state index >= 15 is 0 Å². The third-order valence-corrected chi connectivity index (χ3v) is 5.03. The quantitative estimate of drug-likeness (QED) is 0.916. The zero-order chi connectivity index (χ0) is 14.7. The molecule has 21 heavy (non-hydrogen) atoms. The van der Waals surface area contributed by atoms with Crippen LogP contribution >= 0.6 is 11.3 Å². The Morgan fingerprint density at radius 1 is 1.24 bits per heavy atom. The van der Waals surface area contributed by atoms with Crippen molar-refractivity contribution in [2.24, 2.45) is 0 Å². The number of fused-ring (bicyclic) bond motifs is 1. The van der Waals surface area contributed by atoms with E-state index in [0.29, 0.717) is 18.5 Å². The molecule has 0 bridgehead atoms. The Bertz CT molecular complexity index is 650. The van der Waals surface area contributed by atoms with Gasteiger partial charge < -0.3 is 5.32 Å². The molecule has 1 amide bonds. The fourth-order valence-electron chi connectivity index (χ4n) is 2.79. The number of halogens is 1. The second-order valence-electron chi connectivity index (χ2n) is 5.36. The predicted molar refractivity (Wildman–Crippen MR) is 83.4 cm³/mol. The van der Waals surface area contributed by atoms with Gasteiger partial charge in [0.1, 0.15) is 5.82 Å². The van der Waals surface area contributed by atoms with Crippen molar-refractivity contribution in [3.8, 4) is 0 Å². The largest absolute Gasteiger partial charge is 0.352 e. The second-order valence-corrected chi connectivity index (χ2v) is 6.32. The molecule has 1 N–H and O–H groups in total. The first kappa shape index (κ1) is 14.3. The van der Waals surface area contributed by atoms with Crippen molar-refractivity contribution in [2.45, 2.75) is 32.1 Å². The summed E-state index contributed by atoms with van der Waals surface area (Å²) in [4.78, 5) is 13.6. The molecule has 2 nitrogen and oxygen atoms in total. The minimum atomic E-state index is -0.209. The van der Waals surface area contributed by atoms with E-state index in [9.17, 15) is 9.18 Å². The molecule has 1 aromatic heterocycles. The van der Waals surface area contributed by atoms with Gasteiger partial charge in [-0.2, -0.15) is 0 Å². The molecule has 0 radical (unpaired) electrons. The molecule has 0 aliphatic heterocycles. The molecule has 0 spiro atoms. The predicted octanol–water partition coefficient (Wildman–Crippen LogP) is 3.74. The Labute approximate surface area is 128 Å². The molecule has 0 saturated heterocycles. The average molecular weight is 303 g/mol. The highest BCUT2D eigenvalue weighted by Crippen LogP contribution is 2.30. The first-order valence-corrected chi connectivity index (χ1v) is 8.24. The van der Waals surface area contributed by atoms with Gasteiger partial charge in [-0.1, -0.05) is 18.2 Å². The van der Waals surface area contributed by atoms with Crippen molar-refractivity contribution in [1.82, 2.24) is 5.32 Å². The summed E-state index contributed by atoms with van der Waals surface area (Å²) in [6.45, 7) is 0.463. The Kier molecular flexibility index (Phi) is 4.34. The van der Waals surface area contributed by atoms with E-state index in [4.69, 9.17) is 0 Å². The minimum Gasteiger partial charge on any atom is -0.352 e. The summed E-state index contributed by atoms with van der Waals surface area (Å²) in [5.41, 5.74) is 2.70. The normalized spacial score (nSPS) is 13.8. The van der Waals surface area contributed by atoms with Gasteiger partial charge in [-0.05, 0) is 49.3 Å². The van der Waals surface area contributed by atoms with Gasteiger partial charge in [0.25, 0.3) is 5.91 Å². The van der Waals surface area contributed by atoms with Gasteiger partial charge in [-0.15, -0.1) is 11.3 Å². The van der Waals surface area contributed by atoms with Gasteiger partial charge >= 0.3 is 0 Å². The van der Waals surface area contributed by atoms with Gasteiger partial charge in [-0.25, -0.2) is 4.39 Å². The molecule has 0 fully saturated rings. The van der Waals surface area contributed by atoms with Crippen LogP contribution in [0.3, 0.4) is 0 Å². The average Bonchev–Trinajstić information content (AvgIpc) is 2.93. The zero-order valence-corrected chi connectivity index (χ0v) is 12.6. The van der Waals surface area contributed by atoms with Crippen LogP contribution in [0.25, 0.3) is 0 Å². The van der Waals surface area contributed by atoms with E-state index in [2.05, 4.69) is 5.32 Å². The van der Waals surface area contributed by atoms with Crippen LogP contribution in [-0.4, -0.2) is 12.5 Å². The molecule has 1 aliphatic carbocycles. The highest BCUT2D eigenvalue weighted by Gasteiger charge is 2.19. The maximum absolute atomic E-state index is 13.5. The van der Waals surface area contributed by atoms with Crippen molar-refractivity contribution >= 4 is 17.2 Å². The van der Waals surface area contributed by atoms with Crippen LogP contribution in [0.5, 0.6) is 0 Å². The van der Waals surface area contributed by atoms with Crippen LogP contribution in [0.15, 0.2) is 29.6 Å². The lowest BCUT2D eigenvalue weighted by molar-refractivity contribution is 0.0953. The SMILES string of the molecule is O=C(NCCc1ccccc1F)c1csc2c1CCCC2. The van der Waals surface area contributed by atoms with Crippen LogP contribution in [0.2, 0.25) is 0 Å². The summed E-state index contributed by atoms with van der Waals surface area (Å²) in [6, 6.07) is 6.70. The molecule has 1 aromatic carbocycles. The monoisotopic (exact) mass is 303 g/mol. The van der Waals surface area contributed by atoms with Crippen LogP contribution < -0.4 is 5.32 Å². The number of hydrogen-bond donors (Lipinski definition) is 1. The third kappa shape index (κ3) is 3.16. The summed E-state index contributed by atoms with van der Waals surface area (Å²) in [5, 5.41) is 4.88. The second kappa shape index (κ2) is 6.39. The molecule has 0 atom stereocenters. The van der Waals surface area contributed by atoms with E-state index in [1.54, 1.807) is 23.5 Å². The van der Waals surface area contributed by atoms with Gasteiger partial charge in [-0.3, -0.25) is 4.79 Å². The minimum absolute atomic E-state index is 0.0225. The van der Waals surface area contributed by atoms with Crippen molar-refractivity contribution in [2.75, 3.05) is 6.54 Å². The van der Waals surface area contributed by atoms with Crippen LogP contribution in [0, 0.1) is 5.82 Å². The number of thiophene rings is 1. The number of aryl methyl sites for hydroxylation is 1. The molecular weight excluding hydrogens is 285 g/mol. The maximum atomic E-state index is 13.5. The molecule has 2 aromatic rings. The van der Waals surface area contributed by atoms with Crippen LogP contribution in [0.4, 0.5) is 4.39 Å². The molecule has 0 saturated carbocycles. The van der Waals surface area contributed by atoms with Crippen LogP contribution in [-0.2, 0) is 19.3 Å². The number of carbonyl (C=O) groups excluding carboxylic acids is 1. The number of amides is 1. The van der Waals surface area contributed by atoms with Crippen LogP contribution in [0.1, 0.15) is 39.2 Å². The summed E-state index contributed by atoms with van der Waals surface area (Å²) in [7, 11) is 0. The lowest BCUT2D eigenvalue weighted by atomic mass is 9.95. The van der Waals surface area contributed by atoms with Crippen molar-refractivity contribution in [1.29, 1.82) is 0 Å².